The number of likely N-dealkylation sites (N-methyl/N-ethyl adjacent to an activating group) is 1. The largest absolute Gasteiger partial charge is 0.341 e. The van der Waals surface area contributed by atoms with Crippen LogP contribution in [0.4, 0.5) is 5.95 Å². The number of carbonyl (C=O) groups is 1. The fraction of sp³-hybridized carbons (Fsp3) is 0.762. The predicted molar refractivity (Wildman–Crippen MR) is 107 cm³/mol. The first-order chi connectivity index (χ1) is 12.8. The zero-order valence-electron chi connectivity index (χ0n) is 17.2. The van der Waals surface area contributed by atoms with Crippen LogP contribution < -0.4 is 4.90 Å². The maximum Gasteiger partial charge on any atom is 0.228 e. The number of carbonyl (C=O) groups excluding carboxylic acids is 1. The molecule has 3 fully saturated rings. The standard InChI is InChI=1S/C21H33N5O/c1-5-20(2,3)18(27)26-14-21(15-26)13-24(4)12-16(21)17-8-9-22-19(23-17)25-10-6-7-11-25/h8-9,16H,5-7,10-15H2,1-4H3. The highest BCUT2D eigenvalue weighted by Crippen LogP contribution is 2.49. The molecular weight excluding hydrogens is 338 g/mol. The fourth-order valence-electron chi connectivity index (χ4n) is 5.01. The first-order valence-corrected chi connectivity index (χ1v) is 10.4. The van der Waals surface area contributed by atoms with Gasteiger partial charge in [0.1, 0.15) is 0 Å². The van der Waals surface area contributed by atoms with Crippen molar-refractivity contribution in [2.24, 2.45) is 10.8 Å². The molecule has 1 spiro atoms. The lowest BCUT2D eigenvalue weighted by Crippen LogP contribution is -2.63. The summed E-state index contributed by atoms with van der Waals surface area (Å²) < 4.78 is 0. The number of rotatable bonds is 4. The van der Waals surface area contributed by atoms with E-state index in [1.807, 2.05) is 6.20 Å². The molecule has 4 rings (SSSR count). The third-order valence-corrected chi connectivity index (χ3v) is 6.99. The normalized spacial score (nSPS) is 25.3. The molecule has 0 aliphatic carbocycles. The molecule has 1 aromatic rings. The maximum absolute atomic E-state index is 12.9. The summed E-state index contributed by atoms with van der Waals surface area (Å²) in [6.45, 7) is 12.1. The van der Waals surface area contributed by atoms with Crippen LogP contribution in [0.5, 0.6) is 0 Å². The van der Waals surface area contributed by atoms with Gasteiger partial charge in [-0.05, 0) is 32.4 Å². The average molecular weight is 372 g/mol. The van der Waals surface area contributed by atoms with Gasteiger partial charge in [-0.15, -0.1) is 0 Å². The molecule has 1 amide bonds. The van der Waals surface area contributed by atoms with Crippen LogP contribution in [0.1, 0.15) is 51.6 Å². The third kappa shape index (κ3) is 3.22. The van der Waals surface area contributed by atoms with Gasteiger partial charge in [-0.2, -0.15) is 0 Å². The summed E-state index contributed by atoms with van der Waals surface area (Å²) in [5.41, 5.74) is 1.03. The summed E-state index contributed by atoms with van der Waals surface area (Å²) in [7, 11) is 2.19. The van der Waals surface area contributed by atoms with E-state index < -0.39 is 0 Å². The molecule has 1 aromatic heterocycles. The summed E-state index contributed by atoms with van der Waals surface area (Å²) in [4.78, 5) is 29.1. The van der Waals surface area contributed by atoms with Crippen LogP contribution in [-0.2, 0) is 4.79 Å². The van der Waals surface area contributed by atoms with Crippen LogP contribution in [0.15, 0.2) is 12.3 Å². The predicted octanol–water partition coefficient (Wildman–Crippen LogP) is 2.37. The summed E-state index contributed by atoms with van der Waals surface area (Å²) in [6, 6.07) is 2.09. The third-order valence-electron chi connectivity index (χ3n) is 6.99. The Hall–Kier alpha value is -1.69. The minimum absolute atomic E-state index is 0.144. The summed E-state index contributed by atoms with van der Waals surface area (Å²) in [6.07, 6.45) is 5.26. The molecule has 1 unspecified atom stereocenters. The average Bonchev–Trinajstić information content (AvgIpc) is 3.27. The molecule has 148 valence electrons. The van der Waals surface area contributed by atoms with Gasteiger partial charge in [0.15, 0.2) is 0 Å². The van der Waals surface area contributed by atoms with E-state index in [2.05, 4.69) is 53.6 Å². The molecule has 3 saturated heterocycles. The van der Waals surface area contributed by atoms with Crippen molar-refractivity contribution >= 4 is 11.9 Å². The van der Waals surface area contributed by atoms with Crippen LogP contribution in [0.2, 0.25) is 0 Å². The van der Waals surface area contributed by atoms with Gasteiger partial charge in [-0.25, -0.2) is 9.97 Å². The topological polar surface area (TPSA) is 52.6 Å². The number of hydrogen-bond donors (Lipinski definition) is 0. The number of hydrogen-bond acceptors (Lipinski definition) is 5. The number of likely N-dealkylation sites (tertiary alicyclic amines) is 2. The molecule has 3 aliphatic rings. The van der Waals surface area contributed by atoms with Crippen molar-refractivity contribution in [3.8, 4) is 0 Å². The van der Waals surface area contributed by atoms with Crippen molar-refractivity contribution in [3.05, 3.63) is 18.0 Å². The lowest BCUT2D eigenvalue weighted by molar-refractivity contribution is -0.153. The Bertz CT molecular complexity index is 706. The van der Waals surface area contributed by atoms with Crippen molar-refractivity contribution in [2.75, 3.05) is 51.2 Å². The zero-order chi connectivity index (χ0) is 19.2. The minimum Gasteiger partial charge on any atom is -0.341 e. The van der Waals surface area contributed by atoms with E-state index >= 15 is 0 Å². The number of aromatic nitrogens is 2. The van der Waals surface area contributed by atoms with Gasteiger partial charge in [0, 0.05) is 62.2 Å². The van der Waals surface area contributed by atoms with Crippen molar-refractivity contribution in [2.45, 2.75) is 46.0 Å². The molecule has 0 bridgehead atoms. The molecule has 27 heavy (non-hydrogen) atoms. The Labute approximate surface area is 162 Å². The van der Waals surface area contributed by atoms with E-state index in [1.54, 1.807) is 0 Å². The molecule has 4 heterocycles. The van der Waals surface area contributed by atoms with Gasteiger partial charge in [0.05, 0.1) is 5.69 Å². The van der Waals surface area contributed by atoms with Gasteiger partial charge in [0.2, 0.25) is 11.9 Å². The highest BCUT2D eigenvalue weighted by Gasteiger charge is 2.56. The first-order valence-electron chi connectivity index (χ1n) is 10.4. The Morgan fingerprint density at radius 3 is 2.63 bits per heavy atom. The second kappa shape index (κ2) is 6.73. The van der Waals surface area contributed by atoms with Gasteiger partial charge in [0.25, 0.3) is 0 Å². The summed E-state index contributed by atoms with van der Waals surface area (Å²) >= 11 is 0. The second-order valence-corrected chi connectivity index (χ2v) is 9.49. The van der Waals surface area contributed by atoms with Gasteiger partial charge >= 0.3 is 0 Å². The van der Waals surface area contributed by atoms with E-state index in [0.29, 0.717) is 11.8 Å². The second-order valence-electron chi connectivity index (χ2n) is 9.49. The number of anilines is 1. The Morgan fingerprint density at radius 2 is 1.96 bits per heavy atom. The summed E-state index contributed by atoms with van der Waals surface area (Å²) in [5.74, 6) is 1.55. The number of nitrogens with zero attached hydrogens (tertiary/aromatic N) is 5. The van der Waals surface area contributed by atoms with Crippen LogP contribution in [0, 0.1) is 10.8 Å². The molecule has 0 N–H and O–H groups in total. The van der Waals surface area contributed by atoms with E-state index in [0.717, 1.165) is 57.3 Å². The quantitative estimate of drug-likeness (QED) is 0.813. The van der Waals surface area contributed by atoms with Crippen molar-refractivity contribution in [1.29, 1.82) is 0 Å². The zero-order valence-corrected chi connectivity index (χ0v) is 17.2. The Balaban J connectivity index is 1.53. The van der Waals surface area contributed by atoms with E-state index in [-0.39, 0.29) is 10.8 Å². The van der Waals surface area contributed by atoms with Crippen molar-refractivity contribution in [3.63, 3.8) is 0 Å². The van der Waals surface area contributed by atoms with Crippen LogP contribution >= 0.6 is 0 Å². The highest BCUT2D eigenvalue weighted by atomic mass is 16.2. The Kier molecular flexibility index (Phi) is 4.65. The van der Waals surface area contributed by atoms with E-state index in [1.165, 1.54) is 12.8 Å². The smallest absolute Gasteiger partial charge is 0.228 e. The molecule has 0 saturated carbocycles. The van der Waals surface area contributed by atoms with E-state index in [9.17, 15) is 4.79 Å². The Morgan fingerprint density at radius 1 is 1.26 bits per heavy atom. The molecule has 6 nitrogen and oxygen atoms in total. The molecule has 6 heteroatoms. The molecule has 0 radical (unpaired) electrons. The fourth-order valence-corrected chi connectivity index (χ4v) is 5.01. The van der Waals surface area contributed by atoms with Crippen LogP contribution in [-0.4, -0.2) is 72.0 Å². The molecule has 1 atom stereocenters. The number of amides is 1. The van der Waals surface area contributed by atoms with Crippen molar-refractivity contribution in [1.82, 2.24) is 19.8 Å². The van der Waals surface area contributed by atoms with Crippen molar-refractivity contribution < 1.29 is 4.79 Å². The van der Waals surface area contributed by atoms with Gasteiger partial charge in [-0.3, -0.25) is 4.79 Å². The highest BCUT2D eigenvalue weighted by molar-refractivity contribution is 5.83. The van der Waals surface area contributed by atoms with Gasteiger partial charge in [-0.1, -0.05) is 20.8 Å². The SMILES string of the molecule is CCC(C)(C)C(=O)N1CC2(CN(C)CC2c2ccnc(N3CCCC3)n2)C1. The van der Waals surface area contributed by atoms with Gasteiger partial charge < -0.3 is 14.7 Å². The lowest BCUT2D eigenvalue weighted by atomic mass is 9.69. The maximum atomic E-state index is 12.9. The minimum atomic E-state index is -0.264. The monoisotopic (exact) mass is 371 g/mol. The summed E-state index contributed by atoms with van der Waals surface area (Å²) in [5, 5.41) is 0. The molecule has 3 aliphatic heterocycles. The molecular formula is C21H33N5O. The van der Waals surface area contributed by atoms with Crippen LogP contribution in [0.3, 0.4) is 0 Å². The van der Waals surface area contributed by atoms with E-state index in [4.69, 9.17) is 4.98 Å². The lowest BCUT2D eigenvalue weighted by Gasteiger charge is -2.52. The first kappa shape index (κ1) is 18.7. The molecule has 0 aromatic carbocycles. The van der Waals surface area contributed by atoms with Crippen LogP contribution in [0.25, 0.3) is 0 Å².